The first-order chi connectivity index (χ1) is 8.56. The minimum atomic E-state index is -1.02. The zero-order valence-corrected chi connectivity index (χ0v) is 11.0. The van der Waals surface area contributed by atoms with Crippen LogP contribution in [0.15, 0.2) is 12.4 Å². The predicted octanol–water partition coefficient (Wildman–Crippen LogP) is 1.26. The average Bonchev–Trinajstić information content (AvgIpc) is 2.62. The third-order valence-corrected chi connectivity index (χ3v) is 3.06. The van der Waals surface area contributed by atoms with E-state index in [-0.39, 0.29) is 5.88 Å². The van der Waals surface area contributed by atoms with Gasteiger partial charge in [0.05, 0.1) is 12.8 Å². The summed E-state index contributed by atoms with van der Waals surface area (Å²) in [4.78, 5) is 8.08. The Labute approximate surface area is 109 Å². The largest absolute Gasteiger partial charge is 0.480 e. The van der Waals surface area contributed by atoms with Gasteiger partial charge in [-0.1, -0.05) is 11.6 Å². The molecule has 0 aliphatic rings. The highest BCUT2D eigenvalue weighted by Gasteiger charge is 2.25. The highest BCUT2D eigenvalue weighted by molar-refractivity contribution is 6.30. The first-order valence-corrected chi connectivity index (χ1v) is 5.66. The summed E-state index contributed by atoms with van der Waals surface area (Å²) >= 11 is 6.11. The number of hydrogen-bond acceptors (Lipinski definition) is 5. The highest BCUT2D eigenvalue weighted by atomic mass is 35.5. The number of rotatable bonds is 3. The molecule has 0 aromatic carbocycles. The van der Waals surface area contributed by atoms with E-state index >= 15 is 0 Å². The first-order valence-electron chi connectivity index (χ1n) is 5.28. The molecule has 2 aromatic rings. The molecule has 0 aliphatic carbocycles. The van der Waals surface area contributed by atoms with Crippen LogP contribution < -0.4 is 4.74 Å². The smallest absolute Gasteiger partial charge is 0.238 e. The van der Waals surface area contributed by atoms with Crippen molar-refractivity contribution < 1.29 is 9.84 Å². The van der Waals surface area contributed by atoms with E-state index in [2.05, 4.69) is 15.1 Å². The van der Waals surface area contributed by atoms with E-state index in [9.17, 15) is 5.11 Å². The standard InChI is InChI=1S/C11H13ClN4O2/c1-6-7(10(12)16(2)15-6)9(17)8-11(18-3)14-5-4-13-8/h4-5,9,17H,1-3H3. The average molecular weight is 269 g/mol. The minimum absolute atomic E-state index is 0.268. The normalized spacial score (nSPS) is 12.5. The van der Waals surface area contributed by atoms with Crippen molar-refractivity contribution in [2.45, 2.75) is 13.0 Å². The summed E-state index contributed by atoms with van der Waals surface area (Å²) in [5.41, 5.74) is 1.47. The molecule has 0 bridgehead atoms. The zero-order valence-electron chi connectivity index (χ0n) is 10.3. The molecule has 1 unspecified atom stereocenters. The van der Waals surface area contributed by atoms with Crippen LogP contribution in [-0.4, -0.2) is 32.0 Å². The fraction of sp³-hybridized carbons (Fsp3) is 0.364. The lowest BCUT2D eigenvalue weighted by molar-refractivity contribution is 0.207. The van der Waals surface area contributed by atoms with Crippen LogP contribution in [0, 0.1) is 6.92 Å². The lowest BCUT2D eigenvalue weighted by atomic mass is 10.1. The van der Waals surface area contributed by atoms with Crippen LogP contribution in [0.4, 0.5) is 0 Å². The van der Waals surface area contributed by atoms with Gasteiger partial charge in [0.2, 0.25) is 5.88 Å². The summed E-state index contributed by atoms with van der Waals surface area (Å²) in [6.45, 7) is 1.77. The van der Waals surface area contributed by atoms with Crippen LogP contribution in [0.5, 0.6) is 5.88 Å². The van der Waals surface area contributed by atoms with Crippen LogP contribution in [0.2, 0.25) is 5.15 Å². The molecule has 0 saturated heterocycles. The van der Waals surface area contributed by atoms with E-state index in [0.29, 0.717) is 22.1 Å². The van der Waals surface area contributed by atoms with Crippen molar-refractivity contribution in [2.75, 3.05) is 7.11 Å². The Hall–Kier alpha value is -1.66. The molecule has 2 heterocycles. The molecule has 7 heteroatoms. The SMILES string of the molecule is COc1nccnc1C(O)c1c(C)nn(C)c1Cl. The van der Waals surface area contributed by atoms with E-state index in [1.54, 1.807) is 14.0 Å². The first kappa shape index (κ1) is 12.8. The van der Waals surface area contributed by atoms with Crippen molar-refractivity contribution in [3.63, 3.8) is 0 Å². The molecule has 6 nitrogen and oxygen atoms in total. The van der Waals surface area contributed by atoms with E-state index in [1.807, 2.05) is 0 Å². The van der Waals surface area contributed by atoms with Gasteiger partial charge in [0.1, 0.15) is 17.0 Å². The van der Waals surface area contributed by atoms with E-state index < -0.39 is 6.10 Å². The molecular formula is C11H13ClN4O2. The van der Waals surface area contributed by atoms with Gasteiger partial charge < -0.3 is 9.84 Å². The van der Waals surface area contributed by atoms with Gasteiger partial charge in [0, 0.05) is 25.0 Å². The topological polar surface area (TPSA) is 73.1 Å². The molecule has 0 amide bonds. The van der Waals surface area contributed by atoms with Crippen LogP contribution in [-0.2, 0) is 7.05 Å². The van der Waals surface area contributed by atoms with Gasteiger partial charge in [-0.05, 0) is 6.92 Å². The second kappa shape index (κ2) is 4.91. The molecular weight excluding hydrogens is 256 g/mol. The summed E-state index contributed by atoms with van der Waals surface area (Å²) in [5.74, 6) is 0.268. The molecule has 0 fully saturated rings. The van der Waals surface area contributed by atoms with Gasteiger partial charge in [0.15, 0.2) is 0 Å². The van der Waals surface area contributed by atoms with Crippen molar-refractivity contribution >= 4 is 11.6 Å². The number of nitrogens with zero attached hydrogens (tertiary/aromatic N) is 4. The van der Waals surface area contributed by atoms with E-state index in [4.69, 9.17) is 16.3 Å². The van der Waals surface area contributed by atoms with Crippen molar-refractivity contribution in [1.29, 1.82) is 0 Å². The molecule has 96 valence electrons. The summed E-state index contributed by atoms with van der Waals surface area (Å²) in [6, 6.07) is 0. The minimum Gasteiger partial charge on any atom is -0.480 e. The second-order valence-electron chi connectivity index (χ2n) is 3.77. The van der Waals surface area contributed by atoms with Crippen molar-refractivity contribution in [1.82, 2.24) is 19.7 Å². The Kier molecular flexibility index (Phi) is 3.49. The Morgan fingerprint density at radius 3 is 2.61 bits per heavy atom. The Morgan fingerprint density at radius 2 is 2.06 bits per heavy atom. The molecule has 0 saturated carbocycles. The molecule has 0 spiro atoms. The second-order valence-corrected chi connectivity index (χ2v) is 4.12. The van der Waals surface area contributed by atoms with Gasteiger partial charge in [-0.2, -0.15) is 5.10 Å². The third kappa shape index (κ3) is 2.04. The Balaban J connectivity index is 2.51. The molecule has 18 heavy (non-hydrogen) atoms. The maximum absolute atomic E-state index is 10.4. The fourth-order valence-electron chi connectivity index (χ4n) is 1.77. The van der Waals surface area contributed by atoms with Gasteiger partial charge in [0.25, 0.3) is 0 Å². The van der Waals surface area contributed by atoms with Crippen LogP contribution in [0.3, 0.4) is 0 Å². The molecule has 2 rings (SSSR count). The number of aryl methyl sites for hydroxylation is 2. The summed E-state index contributed by atoms with van der Waals surface area (Å²) in [6.07, 6.45) is 1.96. The molecule has 0 aliphatic heterocycles. The van der Waals surface area contributed by atoms with Crippen molar-refractivity contribution in [2.24, 2.45) is 7.05 Å². The third-order valence-electron chi connectivity index (χ3n) is 2.61. The maximum Gasteiger partial charge on any atom is 0.238 e. The molecule has 0 radical (unpaired) electrons. The lowest BCUT2D eigenvalue weighted by Crippen LogP contribution is -2.07. The number of hydrogen-bond donors (Lipinski definition) is 1. The summed E-state index contributed by atoms with van der Waals surface area (Å²) in [7, 11) is 3.18. The van der Waals surface area contributed by atoms with Crippen molar-refractivity contribution in [3.8, 4) is 5.88 Å². The van der Waals surface area contributed by atoms with Gasteiger partial charge in [-0.25, -0.2) is 4.98 Å². The Morgan fingerprint density at radius 1 is 1.39 bits per heavy atom. The van der Waals surface area contributed by atoms with Gasteiger partial charge in [-0.3, -0.25) is 9.67 Å². The van der Waals surface area contributed by atoms with Crippen LogP contribution in [0.1, 0.15) is 23.1 Å². The highest BCUT2D eigenvalue weighted by Crippen LogP contribution is 2.32. The molecule has 1 N–H and O–H groups in total. The quantitative estimate of drug-likeness (QED) is 0.907. The zero-order chi connectivity index (χ0) is 13.3. The summed E-state index contributed by atoms with van der Waals surface area (Å²) in [5, 5.41) is 14.9. The molecule has 1 atom stereocenters. The monoisotopic (exact) mass is 268 g/mol. The number of methoxy groups -OCH3 is 1. The fourth-order valence-corrected chi connectivity index (χ4v) is 2.05. The maximum atomic E-state index is 10.4. The van der Waals surface area contributed by atoms with Gasteiger partial charge >= 0.3 is 0 Å². The summed E-state index contributed by atoms with van der Waals surface area (Å²) < 4.78 is 6.57. The predicted molar refractivity (Wildman–Crippen MR) is 65.6 cm³/mol. The lowest BCUT2D eigenvalue weighted by Gasteiger charge is -2.12. The van der Waals surface area contributed by atoms with E-state index in [0.717, 1.165) is 0 Å². The number of aliphatic hydroxyl groups is 1. The number of ether oxygens (including phenoxy) is 1. The number of halogens is 1. The molecule has 2 aromatic heterocycles. The van der Waals surface area contributed by atoms with Crippen molar-refractivity contribution in [3.05, 3.63) is 34.5 Å². The Bertz CT molecular complexity index is 570. The van der Waals surface area contributed by atoms with E-state index in [1.165, 1.54) is 24.2 Å². The van der Waals surface area contributed by atoms with Gasteiger partial charge in [-0.15, -0.1) is 0 Å². The van der Waals surface area contributed by atoms with Crippen LogP contribution in [0.25, 0.3) is 0 Å². The number of aliphatic hydroxyl groups excluding tert-OH is 1. The number of aromatic nitrogens is 4. The van der Waals surface area contributed by atoms with Crippen LogP contribution >= 0.6 is 11.6 Å².